The summed E-state index contributed by atoms with van der Waals surface area (Å²) < 4.78 is 1.90. The molecule has 1 fully saturated rings. The summed E-state index contributed by atoms with van der Waals surface area (Å²) >= 11 is 0. The molecular weight excluding hydrogens is 438 g/mol. The van der Waals surface area contributed by atoms with Gasteiger partial charge in [0, 0.05) is 35.8 Å². The lowest BCUT2D eigenvalue weighted by Crippen LogP contribution is -2.50. The Morgan fingerprint density at radius 3 is 2.71 bits per heavy atom. The number of pyridine rings is 2. The first-order valence-electron chi connectivity index (χ1n) is 12.1. The van der Waals surface area contributed by atoms with E-state index < -0.39 is 0 Å². The summed E-state index contributed by atoms with van der Waals surface area (Å²) in [6, 6.07) is 9.96. The fourth-order valence-electron chi connectivity index (χ4n) is 4.68. The highest BCUT2D eigenvalue weighted by atomic mass is 16.2. The number of likely N-dealkylation sites (N-methyl/N-ethyl adjacent to an activating group) is 1. The van der Waals surface area contributed by atoms with Gasteiger partial charge in [-0.2, -0.15) is 5.10 Å². The number of fused-ring (bicyclic) bond motifs is 1. The van der Waals surface area contributed by atoms with Gasteiger partial charge in [-0.15, -0.1) is 0 Å². The lowest BCUT2D eigenvalue weighted by atomic mass is 10.0. The molecule has 1 amide bonds. The van der Waals surface area contributed by atoms with E-state index in [-0.39, 0.29) is 11.9 Å². The summed E-state index contributed by atoms with van der Waals surface area (Å²) in [7, 11) is 3.91. The number of carbonyl (C=O) groups excluding carboxylic acids is 1. The predicted molar refractivity (Wildman–Crippen MR) is 136 cm³/mol. The predicted octanol–water partition coefficient (Wildman–Crippen LogP) is 3.96. The highest BCUT2D eigenvalue weighted by Crippen LogP contribution is 2.26. The molecule has 0 N–H and O–H groups in total. The minimum atomic E-state index is -0.0713. The second-order valence-corrected chi connectivity index (χ2v) is 9.65. The number of hydrogen-bond acceptors (Lipinski definition) is 6. The van der Waals surface area contributed by atoms with E-state index in [0.29, 0.717) is 18.2 Å². The maximum atomic E-state index is 12.9. The first-order chi connectivity index (χ1) is 16.9. The number of anilines is 1. The van der Waals surface area contributed by atoms with Gasteiger partial charge in [0.2, 0.25) is 5.91 Å². The molecule has 1 aliphatic heterocycles. The van der Waals surface area contributed by atoms with Gasteiger partial charge in [0.25, 0.3) is 0 Å². The Morgan fingerprint density at radius 2 is 1.97 bits per heavy atom. The van der Waals surface area contributed by atoms with Crippen molar-refractivity contribution < 1.29 is 4.79 Å². The van der Waals surface area contributed by atoms with E-state index in [0.717, 1.165) is 47.5 Å². The number of hydrogen-bond donors (Lipinski definition) is 0. The minimum absolute atomic E-state index is 0.0713. The molecule has 0 aliphatic carbocycles. The molecule has 4 aromatic heterocycles. The zero-order valence-corrected chi connectivity index (χ0v) is 20.7. The molecule has 1 aliphatic rings. The highest BCUT2D eigenvalue weighted by molar-refractivity contribution is 5.97. The van der Waals surface area contributed by atoms with Gasteiger partial charge < -0.3 is 4.90 Å². The van der Waals surface area contributed by atoms with E-state index in [1.807, 2.05) is 65.1 Å². The van der Waals surface area contributed by atoms with Gasteiger partial charge in [-0.25, -0.2) is 14.5 Å². The Labute approximate surface area is 205 Å². The Bertz CT molecular complexity index is 1340. The molecule has 8 heteroatoms. The maximum absolute atomic E-state index is 12.9. The summed E-state index contributed by atoms with van der Waals surface area (Å²) in [5, 5.41) is 4.45. The first-order valence-corrected chi connectivity index (χ1v) is 12.1. The highest BCUT2D eigenvalue weighted by Gasteiger charge is 2.31. The van der Waals surface area contributed by atoms with Crippen LogP contribution in [0, 0.1) is 0 Å². The molecule has 1 atom stereocenters. The van der Waals surface area contributed by atoms with Crippen LogP contribution >= 0.6 is 0 Å². The molecule has 180 valence electrons. The van der Waals surface area contributed by atoms with Gasteiger partial charge in [-0.1, -0.05) is 13.8 Å². The van der Waals surface area contributed by atoms with Gasteiger partial charge in [-0.3, -0.25) is 14.7 Å². The monoisotopic (exact) mass is 469 g/mol. The molecule has 4 aromatic rings. The van der Waals surface area contributed by atoms with Crippen LogP contribution in [0.2, 0.25) is 0 Å². The van der Waals surface area contributed by atoms with E-state index in [4.69, 9.17) is 4.98 Å². The topological polar surface area (TPSA) is 79.5 Å². The zero-order valence-electron chi connectivity index (χ0n) is 20.7. The summed E-state index contributed by atoms with van der Waals surface area (Å²) in [6.45, 7) is 5.08. The van der Waals surface area contributed by atoms with Gasteiger partial charge in [0.15, 0.2) is 0 Å². The standard InChI is InChI=1S/C27H31N7O/c1-18(2)22-17-30-34-13-10-19(14-25(22)34)23-9-11-28-26(31-23)15-20-7-8-21(16-29-20)33-12-5-6-24(27(33)35)32(3)4/h7-11,13-14,16-18,24H,5-6,12,15H2,1-4H3. The summed E-state index contributed by atoms with van der Waals surface area (Å²) in [5.41, 5.74) is 5.93. The van der Waals surface area contributed by atoms with Crippen LogP contribution in [0.25, 0.3) is 16.8 Å². The number of rotatable bonds is 6. The van der Waals surface area contributed by atoms with E-state index in [9.17, 15) is 4.79 Å². The normalized spacial score (nSPS) is 16.6. The molecule has 1 unspecified atom stereocenters. The Morgan fingerprint density at radius 1 is 1.11 bits per heavy atom. The van der Waals surface area contributed by atoms with Crippen molar-refractivity contribution in [3.05, 3.63) is 72.2 Å². The molecule has 0 spiro atoms. The quantitative estimate of drug-likeness (QED) is 0.425. The molecule has 0 radical (unpaired) electrons. The molecule has 0 saturated carbocycles. The van der Waals surface area contributed by atoms with Crippen molar-refractivity contribution in [1.29, 1.82) is 0 Å². The number of carbonyl (C=O) groups is 1. The van der Waals surface area contributed by atoms with Gasteiger partial charge in [0.05, 0.1) is 41.8 Å². The van der Waals surface area contributed by atoms with Crippen LogP contribution in [-0.4, -0.2) is 62.1 Å². The zero-order chi connectivity index (χ0) is 24.5. The van der Waals surface area contributed by atoms with Crippen molar-refractivity contribution >= 4 is 17.1 Å². The average molecular weight is 470 g/mol. The molecule has 1 saturated heterocycles. The largest absolute Gasteiger partial charge is 0.310 e. The van der Waals surface area contributed by atoms with E-state index in [1.54, 1.807) is 12.4 Å². The van der Waals surface area contributed by atoms with Gasteiger partial charge in [-0.05, 0) is 63.2 Å². The van der Waals surface area contributed by atoms with Crippen LogP contribution in [0.3, 0.4) is 0 Å². The third kappa shape index (κ3) is 4.66. The Hall–Kier alpha value is -3.65. The molecular formula is C27H31N7O. The van der Waals surface area contributed by atoms with E-state index in [2.05, 4.69) is 35.0 Å². The van der Waals surface area contributed by atoms with Crippen LogP contribution in [0.4, 0.5) is 5.69 Å². The third-order valence-electron chi connectivity index (χ3n) is 6.67. The smallest absolute Gasteiger partial charge is 0.244 e. The Balaban J connectivity index is 1.34. The lowest BCUT2D eigenvalue weighted by molar-refractivity contribution is -0.124. The molecule has 0 aromatic carbocycles. The molecule has 5 rings (SSSR count). The lowest BCUT2D eigenvalue weighted by Gasteiger charge is -2.35. The number of amides is 1. The van der Waals surface area contributed by atoms with Crippen LogP contribution in [-0.2, 0) is 11.2 Å². The van der Waals surface area contributed by atoms with Crippen molar-refractivity contribution in [3.8, 4) is 11.3 Å². The van der Waals surface area contributed by atoms with Crippen molar-refractivity contribution in [2.45, 2.75) is 45.1 Å². The second-order valence-electron chi connectivity index (χ2n) is 9.65. The number of nitrogens with zero attached hydrogens (tertiary/aromatic N) is 7. The van der Waals surface area contributed by atoms with Crippen molar-refractivity contribution in [2.75, 3.05) is 25.5 Å². The minimum Gasteiger partial charge on any atom is -0.310 e. The van der Waals surface area contributed by atoms with Crippen molar-refractivity contribution in [1.82, 2.24) is 29.5 Å². The summed E-state index contributed by atoms with van der Waals surface area (Å²) in [5.74, 6) is 1.25. The molecule has 8 nitrogen and oxygen atoms in total. The fraction of sp³-hybridized carbons (Fsp3) is 0.370. The third-order valence-corrected chi connectivity index (χ3v) is 6.67. The number of piperidine rings is 1. The second kappa shape index (κ2) is 9.54. The number of aromatic nitrogens is 5. The van der Waals surface area contributed by atoms with Gasteiger partial charge in [0.1, 0.15) is 5.82 Å². The van der Waals surface area contributed by atoms with Crippen LogP contribution in [0.1, 0.15) is 49.7 Å². The fourth-order valence-corrected chi connectivity index (χ4v) is 4.68. The average Bonchev–Trinajstić information content (AvgIpc) is 3.28. The summed E-state index contributed by atoms with van der Waals surface area (Å²) in [4.78, 5) is 30.6. The first kappa shape index (κ1) is 23.1. The van der Waals surface area contributed by atoms with Crippen LogP contribution < -0.4 is 4.90 Å². The SMILES string of the molecule is CC(C)c1cnn2ccc(-c3ccnc(Cc4ccc(N5CCCC(N(C)C)C5=O)cn4)n3)cc12. The molecule has 5 heterocycles. The van der Waals surface area contributed by atoms with Crippen LogP contribution in [0.15, 0.2) is 55.1 Å². The summed E-state index contributed by atoms with van der Waals surface area (Å²) in [6.07, 6.45) is 9.90. The van der Waals surface area contributed by atoms with Gasteiger partial charge >= 0.3 is 0 Å². The molecule has 35 heavy (non-hydrogen) atoms. The van der Waals surface area contributed by atoms with Crippen LogP contribution in [0.5, 0.6) is 0 Å². The van der Waals surface area contributed by atoms with Crippen molar-refractivity contribution in [2.24, 2.45) is 0 Å². The van der Waals surface area contributed by atoms with E-state index in [1.165, 1.54) is 5.56 Å². The maximum Gasteiger partial charge on any atom is 0.244 e. The van der Waals surface area contributed by atoms with E-state index >= 15 is 0 Å². The Kier molecular flexibility index (Phi) is 6.30. The molecule has 0 bridgehead atoms. The van der Waals surface area contributed by atoms with Crippen molar-refractivity contribution in [3.63, 3.8) is 0 Å².